The molecule has 0 aliphatic heterocycles. The second-order valence-corrected chi connectivity index (χ2v) is 10.3. The maximum atomic E-state index is 13.3. The van der Waals surface area contributed by atoms with Crippen LogP contribution in [0.1, 0.15) is 45.1 Å². The third-order valence-corrected chi connectivity index (χ3v) is 6.22. The topological polar surface area (TPSA) is 208 Å². The van der Waals surface area contributed by atoms with Gasteiger partial charge in [-0.15, -0.1) is 0 Å². The first-order valence-corrected chi connectivity index (χ1v) is 13.6. The van der Waals surface area contributed by atoms with Crippen LogP contribution in [0.2, 0.25) is 0 Å². The number of thioether (sulfide) groups is 1. The molecule has 13 heteroatoms. The Labute approximate surface area is 226 Å². The minimum Gasteiger partial charge on any atom is -0.508 e. The zero-order valence-electron chi connectivity index (χ0n) is 21.8. The van der Waals surface area contributed by atoms with Crippen LogP contribution in [-0.2, 0) is 30.4 Å². The number of nitrogens with one attached hydrogen (secondary N) is 3. The van der Waals surface area contributed by atoms with Gasteiger partial charge >= 0.3 is 11.9 Å². The summed E-state index contributed by atoms with van der Waals surface area (Å²) < 4.78 is 0. The molecular formula is C25H38N4O8S. The summed E-state index contributed by atoms with van der Waals surface area (Å²) >= 11 is 1.40. The van der Waals surface area contributed by atoms with Gasteiger partial charge in [0.05, 0.1) is 6.04 Å². The van der Waals surface area contributed by atoms with Crippen molar-refractivity contribution in [3.8, 4) is 5.75 Å². The summed E-state index contributed by atoms with van der Waals surface area (Å²) in [6.45, 7) is 3.78. The van der Waals surface area contributed by atoms with Crippen LogP contribution >= 0.6 is 11.8 Å². The highest BCUT2D eigenvalue weighted by Gasteiger charge is 2.31. The molecule has 3 amide bonds. The van der Waals surface area contributed by atoms with Gasteiger partial charge in [0.15, 0.2) is 0 Å². The third kappa shape index (κ3) is 12.3. The summed E-state index contributed by atoms with van der Waals surface area (Å²) in [4.78, 5) is 61.6. The molecule has 0 aliphatic rings. The molecule has 1 rings (SSSR count). The van der Waals surface area contributed by atoms with E-state index in [2.05, 4.69) is 16.0 Å². The van der Waals surface area contributed by atoms with E-state index in [1.807, 2.05) is 13.8 Å². The van der Waals surface area contributed by atoms with Crippen molar-refractivity contribution in [2.24, 2.45) is 11.7 Å². The van der Waals surface area contributed by atoms with E-state index < -0.39 is 60.2 Å². The summed E-state index contributed by atoms with van der Waals surface area (Å²) in [5.41, 5.74) is 6.56. The lowest BCUT2D eigenvalue weighted by molar-refractivity contribution is -0.143. The number of nitrogens with two attached hydrogens (primary N) is 1. The number of carbonyl (C=O) groups excluding carboxylic acids is 3. The maximum Gasteiger partial charge on any atom is 0.326 e. The van der Waals surface area contributed by atoms with Crippen LogP contribution in [0.3, 0.4) is 0 Å². The minimum absolute atomic E-state index is 0.00893. The van der Waals surface area contributed by atoms with E-state index in [0.29, 0.717) is 17.7 Å². The molecule has 38 heavy (non-hydrogen) atoms. The number of carboxylic acids is 2. The lowest BCUT2D eigenvalue weighted by Gasteiger charge is -2.25. The fraction of sp³-hybridized carbons (Fsp3) is 0.560. The number of carbonyl (C=O) groups is 5. The van der Waals surface area contributed by atoms with E-state index in [1.165, 1.54) is 23.9 Å². The van der Waals surface area contributed by atoms with Gasteiger partial charge in [0.1, 0.15) is 23.9 Å². The van der Waals surface area contributed by atoms with E-state index in [1.54, 1.807) is 18.4 Å². The summed E-state index contributed by atoms with van der Waals surface area (Å²) in [6.07, 6.45) is 1.52. The number of hydrogen-bond acceptors (Lipinski definition) is 8. The smallest absolute Gasteiger partial charge is 0.326 e. The monoisotopic (exact) mass is 554 g/mol. The third-order valence-electron chi connectivity index (χ3n) is 5.58. The fourth-order valence-corrected chi connectivity index (χ4v) is 4.02. The largest absolute Gasteiger partial charge is 0.508 e. The van der Waals surface area contributed by atoms with Crippen LogP contribution in [0, 0.1) is 5.92 Å². The lowest BCUT2D eigenvalue weighted by Crippen LogP contribution is -2.57. The molecule has 1 aromatic carbocycles. The zero-order valence-corrected chi connectivity index (χ0v) is 22.6. The average molecular weight is 555 g/mol. The van der Waals surface area contributed by atoms with Crippen LogP contribution in [-0.4, -0.2) is 81.2 Å². The van der Waals surface area contributed by atoms with Gasteiger partial charge in [0.2, 0.25) is 17.7 Å². The molecule has 0 saturated carbocycles. The number of hydrogen-bond donors (Lipinski definition) is 7. The molecule has 0 spiro atoms. The molecule has 0 radical (unpaired) electrons. The number of benzene rings is 1. The van der Waals surface area contributed by atoms with Crippen molar-refractivity contribution in [2.45, 2.75) is 70.1 Å². The average Bonchev–Trinajstić information content (AvgIpc) is 2.83. The number of phenolic OH excluding ortho intramolecular Hbond substituents is 1. The lowest BCUT2D eigenvalue weighted by atomic mass is 10.0. The van der Waals surface area contributed by atoms with E-state index in [4.69, 9.17) is 10.8 Å². The Balaban J connectivity index is 3.15. The molecule has 0 heterocycles. The van der Waals surface area contributed by atoms with Gasteiger partial charge in [-0.25, -0.2) is 4.79 Å². The van der Waals surface area contributed by atoms with Crippen molar-refractivity contribution >= 4 is 41.4 Å². The number of rotatable bonds is 17. The first-order valence-electron chi connectivity index (χ1n) is 12.2. The summed E-state index contributed by atoms with van der Waals surface area (Å²) in [6, 6.07) is 1.31. The molecular weight excluding hydrogens is 516 g/mol. The number of aliphatic carboxylic acids is 2. The molecule has 212 valence electrons. The minimum atomic E-state index is -1.36. The molecule has 8 N–H and O–H groups in total. The van der Waals surface area contributed by atoms with Crippen molar-refractivity contribution in [1.82, 2.24) is 16.0 Å². The standard InChI is InChI=1S/C25H38N4O8S/c1-14(2)12-17(26)22(33)29-20(13-15-4-6-16(30)7-5-15)24(35)27-18(8-9-21(31)32)23(34)28-19(25(36)37)10-11-38-3/h4-7,14,17-20,30H,8-13,26H2,1-3H3,(H,27,35)(H,28,34)(H,29,33)(H,31,32)(H,36,37). The summed E-state index contributed by atoms with van der Waals surface area (Å²) in [5, 5.41) is 35.5. The first kappa shape index (κ1) is 32.7. The van der Waals surface area contributed by atoms with E-state index >= 15 is 0 Å². The number of carboxylic acid groups (broad SMARTS) is 2. The highest BCUT2D eigenvalue weighted by molar-refractivity contribution is 7.98. The fourth-order valence-electron chi connectivity index (χ4n) is 3.55. The van der Waals surface area contributed by atoms with Gasteiger partial charge in [0.25, 0.3) is 0 Å². The number of phenols is 1. The summed E-state index contributed by atoms with van der Waals surface area (Å²) in [7, 11) is 0. The Morgan fingerprint density at radius 1 is 0.868 bits per heavy atom. The van der Waals surface area contributed by atoms with Gasteiger partial charge in [-0.05, 0) is 54.9 Å². The highest BCUT2D eigenvalue weighted by Crippen LogP contribution is 2.13. The molecule has 4 atom stereocenters. The molecule has 4 unspecified atom stereocenters. The van der Waals surface area contributed by atoms with Crippen LogP contribution < -0.4 is 21.7 Å². The Hall–Kier alpha value is -3.32. The van der Waals surface area contributed by atoms with E-state index in [0.717, 1.165) is 0 Å². The van der Waals surface area contributed by atoms with Crippen LogP contribution in [0.5, 0.6) is 5.75 Å². The van der Waals surface area contributed by atoms with Crippen molar-refractivity contribution in [3.05, 3.63) is 29.8 Å². The molecule has 0 aliphatic carbocycles. The molecule has 12 nitrogen and oxygen atoms in total. The second-order valence-electron chi connectivity index (χ2n) is 9.34. The van der Waals surface area contributed by atoms with Crippen LogP contribution in [0.15, 0.2) is 24.3 Å². The zero-order chi connectivity index (χ0) is 28.8. The second kappa shape index (κ2) is 16.5. The molecule has 0 saturated heterocycles. The predicted octanol–water partition coefficient (Wildman–Crippen LogP) is 0.465. The normalized spacial score (nSPS) is 14.1. The quantitative estimate of drug-likeness (QED) is 0.141. The van der Waals surface area contributed by atoms with Gasteiger partial charge in [0, 0.05) is 12.8 Å². The van der Waals surface area contributed by atoms with Crippen LogP contribution in [0.4, 0.5) is 0 Å². The van der Waals surface area contributed by atoms with Gasteiger partial charge in [-0.2, -0.15) is 11.8 Å². The van der Waals surface area contributed by atoms with Gasteiger partial charge < -0.3 is 37.0 Å². The highest BCUT2D eigenvalue weighted by atomic mass is 32.2. The Bertz CT molecular complexity index is 957. The van der Waals surface area contributed by atoms with E-state index in [-0.39, 0.29) is 30.9 Å². The Morgan fingerprint density at radius 2 is 1.42 bits per heavy atom. The van der Waals surface area contributed by atoms with Crippen molar-refractivity contribution in [3.63, 3.8) is 0 Å². The Kier molecular flexibility index (Phi) is 14.2. The molecule has 0 aromatic heterocycles. The van der Waals surface area contributed by atoms with Gasteiger partial charge in [-0.3, -0.25) is 19.2 Å². The predicted molar refractivity (Wildman–Crippen MR) is 143 cm³/mol. The Morgan fingerprint density at radius 3 is 1.95 bits per heavy atom. The van der Waals surface area contributed by atoms with E-state index in [9.17, 15) is 34.2 Å². The van der Waals surface area contributed by atoms with Crippen LogP contribution in [0.25, 0.3) is 0 Å². The molecule has 0 bridgehead atoms. The van der Waals surface area contributed by atoms with Gasteiger partial charge in [-0.1, -0.05) is 26.0 Å². The first-order chi connectivity index (χ1) is 17.8. The SMILES string of the molecule is CSCCC(NC(=O)C(CCC(=O)O)NC(=O)C(Cc1ccc(O)cc1)NC(=O)C(N)CC(C)C)C(=O)O. The number of aromatic hydroxyl groups is 1. The molecule has 1 aromatic rings. The van der Waals surface area contributed by atoms with Crippen molar-refractivity contribution in [1.29, 1.82) is 0 Å². The van der Waals surface area contributed by atoms with Crippen molar-refractivity contribution < 1.29 is 39.3 Å². The molecule has 0 fully saturated rings. The summed E-state index contributed by atoms with van der Waals surface area (Å²) in [5.74, 6) is -4.07. The maximum absolute atomic E-state index is 13.3. The van der Waals surface area contributed by atoms with Crippen molar-refractivity contribution in [2.75, 3.05) is 12.0 Å². The number of amides is 3.